The van der Waals surface area contributed by atoms with Crippen molar-refractivity contribution >= 4 is 12.2 Å². The Labute approximate surface area is 193 Å². The van der Waals surface area contributed by atoms with Gasteiger partial charge in [-0.15, -0.1) is 0 Å². The van der Waals surface area contributed by atoms with E-state index in [1.165, 1.54) is 34.5 Å². The quantitative estimate of drug-likeness (QED) is 0.544. The number of carbonyl (C=O) groups is 1. The molecule has 1 atom stereocenters. The minimum absolute atomic E-state index is 0.0116. The number of nitrogens with zero attached hydrogens (tertiary/aromatic N) is 6. The molecule has 2 aliphatic heterocycles. The molecule has 2 aromatic heterocycles. The molecule has 0 unspecified atom stereocenters. The van der Waals surface area contributed by atoms with Gasteiger partial charge in [0.2, 0.25) is 0 Å². The van der Waals surface area contributed by atoms with Crippen molar-refractivity contribution in [2.75, 3.05) is 13.1 Å². The zero-order chi connectivity index (χ0) is 24.0. The molecule has 4 heterocycles. The highest BCUT2D eigenvalue weighted by Gasteiger charge is 2.39. The van der Waals surface area contributed by atoms with Gasteiger partial charge in [-0.05, 0) is 36.2 Å². The zero-order valence-corrected chi connectivity index (χ0v) is 18.5. The van der Waals surface area contributed by atoms with Crippen LogP contribution < -0.4 is 4.74 Å². The van der Waals surface area contributed by atoms with Gasteiger partial charge in [0, 0.05) is 37.5 Å². The molecule has 0 bridgehead atoms. The molecule has 3 aromatic rings. The van der Waals surface area contributed by atoms with E-state index in [-0.39, 0.29) is 18.8 Å². The number of rotatable bonds is 4. The van der Waals surface area contributed by atoms with E-state index in [1.807, 2.05) is 6.92 Å². The van der Waals surface area contributed by atoms with Crippen LogP contribution in [0.3, 0.4) is 0 Å². The van der Waals surface area contributed by atoms with E-state index < -0.39 is 35.8 Å². The van der Waals surface area contributed by atoms with Crippen LogP contribution in [0.2, 0.25) is 0 Å². The van der Waals surface area contributed by atoms with Gasteiger partial charge >= 0.3 is 6.03 Å². The van der Waals surface area contributed by atoms with Crippen LogP contribution >= 0.6 is 0 Å². The van der Waals surface area contributed by atoms with E-state index >= 15 is 0 Å². The van der Waals surface area contributed by atoms with E-state index in [9.17, 15) is 18.0 Å². The lowest BCUT2D eigenvalue weighted by Crippen LogP contribution is -2.58. The number of amides is 2. The normalized spacial score (nSPS) is 17.9. The first-order valence-electron chi connectivity index (χ1n) is 10.7. The molecular weight excluding hydrogens is 449 g/mol. The number of aryl methyl sites for hydroxylation is 2. The van der Waals surface area contributed by atoms with E-state index in [0.717, 1.165) is 17.3 Å². The molecular formula is C23H21F3N6O2. The number of aromatic nitrogens is 3. The molecule has 0 N–H and O–H groups in total. The van der Waals surface area contributed by atoms with Crippen molar-refractivity contribution in [2.45, 2.75) is 25.5 Å². The van der Waals surface area contributed by atoms with Gasteiger partial charge in [-0.3, -0.25) is 4.68 Å². The maximum Gasteiger partial charge on any atom is 0.341 e. The highest BCUT2D eigenvalue weighted by molar-refractivity contribution is 5.79. The number of halogens is 3. The Morgan fingerprint density at radius 1 is 1.09 bits per heavy atom. The summed E-state index contributed by atoms with van der Waals surface area (Å²) in [6.45, 7) is 2.32. The summed E-state index contributed by atoms with van der Waals surface area (Å²) in [6, 6.07) is 3.71. The van der Waals surface area contributed by atoms with E-state index in [1.54, 1.807) is 24.0 Å². The van der Waals surface area contributed by atoms with Crippen molar-refractivity contribution in [3.8, 4) is 17.0 Å². The number of likely N-dealkylation sites (tertiary alicyclic amines) is 1. The third-order valence-electron chi connectivity index (χ3n) is 5.91. The van der Waals surface area contributed by atoms with Gasteiger partial charge in [-0.25, -0.2) is 23.6 Å². The molecule has 1 fully saturated rings. The zero-order valence-electron chi connectivity index (χ0n) is 18.5. The number of hydrazone groups is 1. The molecule has 0 radical (unpaired) electrons. The molecule has 0 spiro atoms. The van der Waals surface area contributed by atoms with Crippen molar-refractivity contribution in [1.82, 2.24) is 24.7 Å². The van der Waals surface area contributed by atoms with E-state index in [4.69, 9.17) is 4.74 Å². The minimum Gasteiger partial charge on any atom is -0.482 e. The van der Waals surface area contributed by atoms with Gasteiger partial charge in [0.1, 0.15) is 17.7 Å². The van der Waals surface area contributed by atoms with Crippen LogP contribution in [0.1, 0.15) is 23.6 Å². The number of ether oxygens (including phenoxy) is 1. The van der Waals surface area contributed by atoms with E-state index in [0.29, 0.717) is 17.5 Å². The summed E-state index contributed by atoms with van der Waals surface area (Å²) in [4.78, 5) is 18.2. The molecule has 0 aliphatic carbocycles. The first kappa shape index (κ1) is 21.9. The smallest absolute Gasteiger partial charge is 0.341 e. The van der Waals surface area contributed by atoms with Crippen LogP contribution in [0, 0.1) is 24.5 Å². The van der Waals surface area contributed by atoms with Crippen LogP contribution in [-0.4, -0.2) is 56.1 Å². The number of pyridine rings is 1. The predicted molar refractivity (Wildman–Crippen MR) is 117 cm³/mol. The molecule has 1 saturated heterocycles. The number of urea groups is 1. The van der Waals surface area contributed by atoms with Gasteiger partial charge in [-0.1, -0.05) is 0 Å². The first-order chi connectivity index (χ1) is 16.3. The van der Waals surface area contributed by atoms with Gasteiger partial charge in [0.05, 0.1) is 31.0 Å². The Morgan fingerprint density at radius 3 is 2.50 bits per heavy atom. The van der Waals surface area contributed by atoms with E-state index in [2.05, 4.69) is 15.2 Å². The van der Waals surface area contributed by atoms with Crippen LogP contribution in [0.4, 0.5) is 18.0 Å². The number of carbonyl (C=O) groups excluding carboxylic acids is 1. The molecule has 176 valence electrons. The molecule has 2 amide bonds. The number of hydrogen-bond donors (Lipinski definition) is 0. The second-order valence-corrected chi connectivity index (χ2v) is 8.34. The summed E-state index contributed by atoms with van der Waals surface area (Å²) >= 11 is 0. The Hall–Kier alpha value is -3.89. The van der Waals surface area contributed by atoms with Gasteiger partial charge in [0.15, 0.2) is 5.75 Å². The third kappa shape index (κ3) is 3.97. The first-order valence-corrected chi connectivity index (χ1v) is 10.7. The van der Waals surface area contributed by atoms with Gasteiger partial charge in [0.25, 0.3) is 5.95 Å². The predicted octanol–water partition coefficient (Wildman–Crippen LogP) is 3.82. The van der Waals surface area contributed by atoms with Crippen molar-refractivity contribution < 1.29 is 22.7 Å². The lowest BCUT2D eigenvalue weighted by atomic mass is 10.0. The standard InChI is InChI=1S/C23H21F3N6O2/c1-13-9-29-30(2)21(13)15-7-20(22(26)27-10-15)34-18-11-31(12-18)23(33)32-19(3-4-28-32)14-5-16(24)8-17(25)6-14/h4-10,18-19H,3,11-12H2,1-2H3/t19-/m0/s1. The summed E-state index contributed by atoms with van der Waals surface area (Å²) in [5.74, 6) is -2.19. The maximum absolute atomic E-state index is 14.3. The molecule has 11 heteroatoms. The fourth-order valence-corrected chi connectivity index (χ4v) is 4.24. The topological polar surface area (TPSA) is 75.8 Å². The molecule has 8 nitrogen and oxygen atoms in total. The molecule has 5 rings (SSSR count). The lowest BCUT2D eigenvalue weighted by molar-refractivity contribution is 0.0253. The largest absolute Gasteiger partial charge is 0.482 e. The van der Waals surface area contributed by atoms with Gasteiger partial charge < -0.3 is 9.64 Å². The molecule has 0 saturated carbocycles. The van der Waals surface area contributed by atoms with Crippen LogP contribution in [0.15, 0.2) is 41.8 Å². The summed E-state index contributed by atoms with van der Waals surface area (Å²) < 4.78 is 49.0. The molecule has 1 aromatic carbocycles. The SMILES string of the molecule is Cc1cnn(C)c1-c1cnc(F)c(OC2CN(C(=O)N3N=CC[C@H]3c3cc(F)cc(F)c3)C2)c1. The van der Waals surface area contributed by atoms with Crippen LogP contribution in [0.5, 0.6) is 5.75 Å². The maximum atomic E-state index is 14.3. The van der Waals surface area contributed by atoms with Crippen molar-refractivity contribution in [1.29, 1.82) is 0 Å². The number of benzene rings is 1. The lowest BCUT2D eigenvalue weighted by Gasteiger charge is -2.41. The highest BCUT2D eigenvalue weighted by Crippen LogP contribution is 2.32. The highest BCUT2D eigenvalue weighted by atomic mass is 19.1. The van der Waals surface area contributed by atoms with Crippen molar-refractivity contribution in [3.05, 3.63) is 65.4 Å². The molecule has 2 aliphatic rings. The third-order valence-corrected chi connectivity index (χ3v) is 5.91. The summed E-state index contributed by atoms with van der Waals surface area (Å²) in [6.07, 6.45) is 4.58. The van der Waals surface area contributed by atoms with Crippen LogP contribution in [-0.2, 0) is 7.05 Å². The Morgan fingerprint density at radius 2 is 1.82 bits per heavy atom. The Kier molecular flexibility index (Phi) is 5.46. The second-order valence-electron chi connectivity index (χ2n) is 8.34. The fraction of sp³-hybridized carbons (Fsp3) is 0.304. The van der Waals surface area contributed by atoms with Crippen molar-refractivity contribution in [2.24, 2.45) is 12.1 Å². The number of hydrogen-bond acceptors (Lipinski definition) is 5. The van der Waals surface area contributed by atoms with Crippen molar-refractivity contribution in [3.63, 3.8) is 0 Å². The molecule has 34 heavy (non-hydrogen) atoms. The Bertz CT molecular complexity index is 1250. The van der Waals surface area contributed by atoms with Gasteiger partial charge in [-0.2, -0.15) is 14.6 Å². The summed E-state index contributed by atoms with van der Waals surface area (Å²) in [7, 11) is 1.79. The van der Waals surface area contributed by atoms with Crippen LogP contribution in [0.25, 0.3) is 11.3 Å². The average Bonchev–Trinajstić information content (AvgIpc) is 3.37. The fourth-order valence-electron chi connectivity index (χ4n) is 4.24. The summed E-state index contributed by atoms with van der Waals surface area (Å²) in [5, 5.41) is 9.49. The minimum atomic E-state index is -0.745. The second kappa shape index (κ2) is 8.47. The summed E-state index contributed by atoms with van der Waals surface area (Å²) in [5.41, 5.74) is 2.71. The monoisotopic (exact) mass is 470 g/mol. The average molecular weight is 470 g/mol. The Balaban J connectivity index is 1.25.